The van der Waals surface area contributed by atoms with E-state index in [0.717, 1.165) is 12.1 Å². The number of carbonyl (C=O) groups is 1. The summed E-state index contributed by atoms with van der Waals surface area (Å²) < 4.78 is 36.3. The Kier molecular flexibility index (Phi) is 2.64. The van der Waals surface area contributed by atoms with E-state index < -0.39 is 17.8 Å². The molecule has 0 radical (unpaired) electrons. The van der Waals surface area contributed by atoms with E-state index in [9.17, 15) is 23.1 Å². The van der Waals surface area contributed by atoms with Gasteiger partial charge in [-0.1, -0.05) is 6.07 Å². The van der Waals surface area contributed by atoms with Crippen molar-refractivity contribution >= 4 is 11.8 Å². The first-order chi connectivity index (χ1) is 6.39. The fourth-order valence-electron chi connectivity index (χ4n) is 0.891. The third kappa shape index (κ3) is 2.65. The number of alkyl halides is 3. The first-order valence-corrected chi connectivity index (χ1v) is 3.55. The second-order valence-electron chi connectivity index (χ2n) is 2.49. The summed E-state index contributed by atoms with van der Waals surface area (Å²) in [6.45, 7) is 0. The van der Waals surface area contributed by atoms with Crippen LogP contribution in [0.15, 0.2) is 24.3 Å². The number of nitrogens with one attached hydrogen (secondary N) is 1. The molecule has 14 heavy (non-hydrogen) atoms. The predicted molar refractivity (Wildman–Crippen MR) is 40.5 cm³/mol. The summed E-state index contributed by atoms with van der Waals surface area (Å²) in [5.41, 5.74) is -1.08. The van der Waals surface area contributed by atoms with Crippen molar-refractivity contribution in [2.75, 3.05) is 5.32 Å². The summed E-state index contributed by atoms with van der Waals surface area (Å²) in [7, 11) is 0. The highest BCUT2D eigenvalue weighted by Crippen LogP contribution is 2.30. The van der Waals surface area contributed by atoms with Crippen LogP contribution >= 0.6 is 0 Å². The van der Waals surface area contributed by atoms with Gasteiger partial charge in [0.15, 0.2) is 0 Å². The van der Waals surface area contributed by atoms with Crippen molar-refractivity contribution in [3.05, 3.63) is 29.8 Å². The Hall–Kier alpha value is -1.72. The zero-order valence-corrected chi connectivity index (χ0v) is 6.76. The van der Waals surface area contributed by atoms with Gasteiger partial charge >= 0.3 is 6.18 Å². The maximum atomic E-state index is 12.1. The van der Waals surface area contributed by atoms with Crippen molar-refractivity contribution in [3.63, 3.8) is 0 Å². The third-order valence-electron chi connectivity index (χ3n) is 1.44. The Morgan fingerprint density at radius 3 is 2.50 bits per heavy atom. The predicted octanol–water partition coefficient (Wildman–Crippen LogP) is 1.46. The molecule has 0 aliphatic rings. The van der Waals surface area contributed by atoms with Crippen molar-refractivity contribution in [1.29, 1.82) is 0 Å². The molecular weight excluding hydrogens is 199 g/mol. The lowest BCUT2D eigenvalue weighted by atomic mass is 10.2. The Balaban J connectivity index is 2.95. The van der Waals surface area contributed by atoms with Gasteiger partial charge in [0.1, 0.15) is 6.09 Å². The average molecular weight is 204 g/mol. The van der Waals surface area contributed by atoms with Crippen LogP contribution in [-0.4, -0.2) is 6.09 Å². The standard InChI is InChI=1S/C8H6F3NO2/c9-8(10,11)5-2-1-3-6(4-5)12-7(13)14/h1-4,12H,(H,13,14)/p-1. The molecule has 1 amide bonds. The van der Waals surface area contributed by atoms with Gasteiger partial charge in [-0.3, -0.25) is 0 Å². The summed E-state index contributed by atoms with van der Waals surface area (Å²) in [6, 6.07) is 3.84. The molecule has 1 aromatic rings. The molecule has 0 aromatic heterocycles. The second-order valence-corrected chi connectivity index (χ2v) is 2.49. The van der Waals surface area contributed by atoms with Crippen molar-refractivity contribution < 1.29 is 23.1 Å². The van der Waals surface area contributed by atoms with Crippen LogP contribution in [-0.2, 0) is 6.18 Å². The number of carboxylic acid groups (broad SMARTS) is 1. The number of anilines is 1. The lowest BCUT2D eigenvalue weighted by molar-refractivity contribution is -0.242. The van der Waals surface area contributed by atoms with E-state index >= 15 is 0 Å². The Morgan fingerprint density at radius 2 is 2.00 bits per heavy atom. The fourth-order valence-corrected chi connectivity index (χ4v) is 0.891. The molecule has 0 fully saturated rings. The molecule has 0 unspecified atom stereocenters. The maximum Gasteiger partial charge on any atom is 0.416 e. The van der Waals surface area contributed by atoms with Gasteiger partial charge in [0.05, 0.1) is 5.56 Å². The Bertz CT molecular complexity index is 349. The number of benzene rings is 1. The molecule has 3 nitrogen and oxygen atoms in total. The van der Waals surface area contributed by atoms with Crippen molar-refractivity contribution in [2.45, 2.75) is 6.18 Å². The zero-order chi connectivity index (χ0) is 10.8. The molecule has 0 bridgehead atoms. The van der Waals surface area contributed by atoms with E-state index in [0.29, 0.717) is 6.07 Å². The highest BCUT2D eigenvalue weighted by atomic mass is 19.4. The molecule has 6 heteroatoms. The van der Waals surface area contributed by atoms with Crippen LogP contribution in [0.4, 0.5) is 23.7 Å². The molecular formula is C8H5F3NO2-. The van der Waals surface area contributed by atoms with E-state index in [-0.39, 0.29) is 5.69 Å². The molecule has 0 saturated carbocycles. The van der Waals surface area contributed by atoms with Gasteiger partial charge in [0, 0.05) is 5.69 Å². The maximum absolute atomic E-state index is 12.1. The minimum absolute atomic E-state index is 0.167. The van der Waals surface area contributed by atoms with Crippen LogP contribution in [0.2, 0.25) is 0 Å². The van der Waals surface area contributed by atoms with E-state index in [1.807, 2.05) is 0 Å². The first-order valence-electron chi connectivity index (χ1n) is 3.55. The number of rotatable bonds is 1. The van der Waals surface area contributed by atoms with Crippen LogP contribution in [0, 0.1) is 0 Å². The van der Waals surface area contributed by atoms with Crippen LogP contribution < -0.4 is 10.4 Å². The molecule has 1 aromatic carbocycles. The fraction of sp³-hybridized carbons (Fsp3) is 0.125. The van der Waals surface area contributed by atoms with Crippen molar-refractivity contribution in [3.8, 4) is 0 Å². The molecule has 0 saturated heterocycles. The molecule has 0 spiro atoms. The molecule has 1 N–H and O–H groups in total. The van der Waals surface area contributed by atoms with Crippen LogP contribution in [0.3, 0.4) is 0 Å². The van der Waals surface area contributed by atoms with Gasteiger partial charge in [-0.05, 0) is 18.2 Å². The van der Waals surface area contributed by atoms with E-state index in [2.05, 4.69) is 0 Å². The first kappa shape index (κ1) is 10.4. The van der Waals surface area contributed by atoms with Crippen LogP contribution in [0.5, 0.6) is 0 Å². The average Bonchev–Trinajstić information content (AvgIpc) is 2.01. The van der Waals surface area contributed by atoms with Gasteiger partial charge in [-0.2, -0.15) is 13.2 Å². The minimum Gasteiger partial charge on any atom is -0.530 e. The van der Waals surface area contributed by atoms with Gasteiger partial charge in [0.2, 0.25) is 0 Å². The molecule has 0 heterocycles. The lowest BCUT2D eigenvalue weighted by Gasteiger charge is -2.10. The highest BCUT2D eigenvalue weighted by Gasteiger charge is 2.30. The second kappa shape index (κ2) is 3.57. The van der Waals surface area contributed by atoms with E-state index in [1.54, 1.807) is 5.32 Å². The zero-order valence-electron chi connectivity index (χ0n) is 6.76. The van der Waals surface area contributed by atoms with Gasteiger partial charge in [-0.15, -0.1) is 0 Å². The lowest BCUT2D eigenvalue weighted by Crippen LogP contribution is -2.28. The summed E-state index contributed by atoms with van der Waals surface area (Å²) in [5, 5.41) is 11.7. The topological polar surface area (TPSA) is 52.2 Å². The molecule has 0 aliphatic carbocycles. The van der Waals surface area contributed by atoms with Gasteiger partial charge < -0.3 is 15.2 Å². The van der Waals surface area contributed by atoms with Crippen molar-refractivity contribution in [1.82, 2.24) is 0 Å². The van der Waals surface area contributed by atoms with E-state index in [1.165, 1.54) is 6.07 Å². The number of amides is 1. The molecule has 0 atom stereocenters. The minimum atomic E-state index is -4.48. The third-order valence-corrected chi connectivity index (χ3v) is 1.44. The summed E-state index contributed by atoms with van der Waals surface area (Å²) in [4.78, 5) is 10.0. The normalized spacial score (nSPS) is 11.1. The Labute approximate surface area is 77.2 Å². The highest BCUT2D eigenvalue weighted by molar-refractivity contribution is 5.81. The number of halogens is 3. The quantitative estimate of drug-likeness (QED) is 0.752. The Morgan fingerprint density at radius 1 is 1.36 bits per heavy atom. The van der Waals surface area contributed by atoms with Crippen molar-refractivity contribution in [2.24, 2.45) is 0 Å². The monoisotopic (exact) mass is 204 g/mol. The SMILES string of the molecule is O=C([O-])Nc1cccc(C(F)(F)F)c1. The number of hydrogen-bond donors (Lipinski definition) is 1. The van der Waals surface area contributed by atoms with Gasteiger partial charge in [0.25, 0.3) is 0 Å². The van der Waals surface area contributed by atoms with Crippen LogP contribution in [0.1, 0.15) is 5.56 Å². The van der Waals surface area contributed by atoms with E-state index in [4.69, 9.17) is 0 Å². The summed E-state index contributed by atoms with van der Waals surface area (Å²) in [6.07, 6.45) is -6.13. The number of carbonyl (C=O) groups excluding carboxylic acids is 1. The smallest absolute Gasteiger partial charge is 0.416 e. The number of hydrogen-bond acceptors (Lipinski definition) is 2. The summed E-state index contributed by atoms with van der Waals surface area (Å²) >= 11 is 0. The summed E-state index contributed by atoms with van der Waals surface area (Å²) in [5.74, 6) is 0. The molecule has 0 aliphatic heterocycles. The van der Waals surface area contributed by atoms with Gasteiger partial charge in [-0.25, -0.2) is 0 Å². The largest absolute Gasteiger partial charge is 0.530 e. The van der Waals surface area contributed by atoms with Crippen LogP contribution in [0.25, 0.3) is 0 Å². The molecule has 1 rings (SSSR count). The molecule has 76 valence electrons.